The molecule has 4 aromatic rings. The molecule has 2 aromatic heterocycles. The number of benzene rings is 2. The molecule has 0 saturated heterocycles. The largest absolute Gasteiger partial charge is 0.392 e. The van der Waals surface area contributed by atoms with Crippen LogP contribution in [0.2, 0.25) is 0 Å². The summed E-state index contributed by atoms with van der Waals surface area (Å²) in [6, 6.07) is 17.5. The second-order valence-corrected chi connectivity index (χ2v) is 6.07. The molecule has 0 unspecified atom stereocenters. The van der Waals surface area contributed by atoms with Crippen molar-refractivity contribution in [3.8, 4) is 22.7 Å². The Morgan fingerprint density at radius 1 is 0.963 bits per heavy atom. The van der Waals surface area contributed by atoms with Gasteiger partial charge < -0.3 is 9.63 Å². The van der Waals surface area contributed by atoms with Crippen LogP contribution in [-0.2, 0) is 13.0 Å². The number of pyridine rings is 1. The van der Waals surface area contributed by atoms with Crippen molar-refractivity contribution in [1.82, 2.24) is 15.1 Å². The number of hydrogen-bond donors (Lipinski definition) is 1. The van der Waals surface area contributed by atoms with E-state index in [-0.39, 0.29) is 12.4 Å². The third-order valence-corrected chi connectivity index (χ3v) is 4.22. The van der Waals surface area contributed by atoms with Crippen LogP contribution in [0, 0.1) is 5.82 Å². The molecule has 0 radical (unpaired) electrons. The van der Waals surface area contributed by atoms with Crippen LogP contribution in [-0.4, -0.2) is 20.2 Å². The van der Waals surface area contributed by atoms with Crippen molar-refractivity contribution >= 4 is 0 Å². The highest BCUT2D eigenvalue weighted by molar-refractivity contribution is 5.65. The maximum atomic E-state index is 13.0. The summed E-state index contributed by atoms with van der Waals surface area (Å²) in [6.45, 7) is -0.0456. The number of nitrogens with zero attached hydrogens (tertiary/aromatic N) is 3. The lowest BCUT2D eigenvalue weighted by Crippen LogP contribution is -1.92. The highest BCUT2D eigenvalue weighted by Crippen LogP contribution is 2.24. The fraction of sp³-hybridized carbons (Fsp3) is 0.0952. The molecule has 0 atom stereocenters. The van der Waals surface area contributed by atoms with E-state index in [4.69, 9.17) is 4.52 Å². The molecule has 2 heterocycles. The van der Waals surface area contributed by atoms with E-state index in [1.807, 2.05) is 36.4 Å². The number of aromatic nitrogens is 3. The van der Waals surface area contributed by atoms with Crippen molar-refractivity contribution in [2.24, 2.45) is 0 Å². The summed E-state index contributed by atoms with van der Waals surface area (Å²) >= 11 is 0. The van der Waals surface area contributed by atoms with Crippen molar-refractivity contribution in [2.45, 2.75) is 13.0 Å². The van der Waals surface area contributed by atoms with Crippen molar-refractivity contribution in [3.05, 3.63) is 89.6 Å². The molecule has 2 aromatic carbocycles. The molecule has 134 valence electrons. The van der Waals surface area contributed by atoms with Gasteiger partial charge in [-0.15, -0.1) is 0 Å². The van der Waals surface area contributed by atoms with Gasteiger partial charge in [-0.2, -0.15) is 4.98 Å². The first kappa shape index (κ1) is 17.1. The van der Waals surface area contributed by atoms with E-state index in [1.54, 1.807) is 18.3 Å². The molecule has 0 aliphatic heterocycles. The van der Waals surface area contributed by atoms with E-state index >= 15 is 0 Å². The Morgan fingerprint density at radius 2 is 1.78 bits per heavy atom. The van der Waals surface area contributed by atoms with Crippen LogP contribution in [0.3, 0.4) is 0 Å². The predicted molar refractivity (Wildman–Crippen MR) is 98.1 cm³/mol. The third-order valence-electron chi connectivity index (χ3n) is 4.22. The van der Waals surface area contributed by atoms with Crippen molar-refractivity contribution in [1.29, 1.82) is 0 Å². The molecule has 0 fully saturated rings. The topological polar surface area (TPSA) is 72.0 Å². The summed E-state index contributed by atoms with van der Waals surface area (Å²) in [7, 11) is 0. The van der Waals surface area contributed by atoms with Gasteiger partial charge in [0.15, 0.2) is 5.82 Å². The zero-order valence-corrected chi connectivity index (χ0v) is 14.3. The monoisotopic (exact) mass is 361 g/mol. The maximum absolute atomic E-state index is 13.0. The summed E-state index contributed by atoms with van der Waals surface area (Å²) in [6.07, 6.45) is 2.12. The van der Waals surface area contributed by atoms with E-state index < -0.39 is 0 Å². The highest BCUT2D eigenvalue weighted by Gasteiger charge is 2.11. The van der Waals surface area contributed by atoms with Gasteiger partial charge in [0.1, 0.15) is 5.82 Å². The van der Waals surface area contributed by atoms with Crippen LogP contribution in [0.5, 0.6) is 0 Å². The van der Waals surface area contributed by atoms with Crippen LogP contribution in [0.15, 0.2) is 71.4 Å². The fourth-order valence-corrected chi connectivity index (χ4v) is 2.82. The highest BCUT2D eigenvalue weighted by atomic mass is 19.1. The average Bonchev–Trinajstić information content (AvgIpc) is 3.18. The number of halogens is 1. The molecule has 0 aliphatic rings. The van der Waals surface area contributed by atoms with Crippen molar-refractivity contribution in [2.75, 3.05) is 0 Å². The minimum atomic E-state index is -0.276. The van der Waals surface area contributed by atoms with E-state index in [0.29, 0.717) is 23.7 Å². The zero-order valence-electron chi connectivity index (χ0n) is 14.3. The molecule has 0 saturated carbocycles. The first-order chi connectivity index (χ1) is 13.2. The molecular weight excluding hydrogens is 345 g/mol. The standard InChI is InChI=1S/C21H16FN3O2/c22-17-8-5-14(6-9-17)11-20-24-21(27-25-20)15-7-10-19(23-12-15)18-4-2-1-3-16(18)13-26/h1-10,12,26H,11,13H2. The van der Waals surface area contributed by atoms with Crippen LogP contribution >= 0.6 is 0 Å². The molecule has 0 amide bonds. The van der Waals surface area contributed by atoms with Gasteiger partial charge in [-0.1, -0.05) is 41.6 Å². The lowest BCUT2D eigenvalue weighted by Gasteiger charge is -2.06. The van der Waals surface area contributed by atoms with Gasteiger partial charge in [0, 0.05) is 18.2 Å². The van der Waals surface area contributed by atoms with Crippen LogP contribution < -0.4 is 0 Å². The minimum Gasteiger partial charge on any atom is -0.392 e. The summed E-state index contributed by atoms with van der Waals surface area (Å²) in [5.74, 6) is 0.620. The van der Waals surface area contributed by atoms with Gasteiger partial charge >= 0.3 is 0 Å². The third kappa shape index (κ3) is 3.75. The van der Waals surface area contributed by atoms with Crippen molar-refractivity contribution in [3.63, 3.8) is 0 Å². The van der Waals surface area contributed by atoms with Crippen molar-refractivity contribution < 1.29 is 14.0 Å². The summed E-state index contributed by atoms with van der Waals surface area (Å²) < 4.78 is 18.3. The van der Waals surface area contributed by atoms with Crippen LogP contribution in [0.25, 0.3) is 22.7 Å². The second kappa shape index (κ2) is 7.47. The number of aliphatic hydroxyl groups is 1. The van der Waals surface area contributed by atoms with Crippen LogP contribution in [0.1, 0.15) is 17.0 Å². The van der Waals surface area contributed by atoms with E-state index in [1.165, 1.54) is 12.1 Å². The smallest absolute Gasteiger partial charge is 0.259 e. The maximum Gasteiger partial charge on any atom is 0.259 e. The van der Waals surface area contributed by atoms with Gasteiger partial charge in [0.2, 0.25) is 0 Å². The zero-order chi connectivity index (χ0) is 18.6. The Morgan fingerprint density at radius 3 is 2.52 bits per heavy atom. The molecule has 0 bridgehead atoms. The number of aliphatic hydroxyl groups excluding tert-OH is 1. The number of rotatable bonds is 5. The quantitative estimate of drug-likeness (QED) is 0.581. The van der Waals surface area contributed by atoms with E-state index in [2.05, 4.69) is 15.1 Å². The van der Waals surface area contributed by atoms with Crippen LogP contribution in [0.4, 0.5) is 4.39 Å². The SMILES string of the molecule is OCc1ccccc1-c1ccc(-c2nc(Cc3ccc(F)cc3)no2)cn1. The number of hydrogen-bond acceptors (Lipinski definition) is 5. The Bertz CT molecular complexity index is 1040. The summed E-state index contributed by atoms with van der Waals surface area (Å²) in [4.78, 5) is 8.84. The van der Waals surface area contributed by atoms with Gasteiger partial charge in [0.05, 0.1) is 17.9 Å². The Kier molecular flexibility index (Phi) is 4.72. The second-order valence-electron chi connectivity index (χ2n) is 6.07. The van der Waals surface area contributed by atoms with Gasteiger partial charge in [0.25, 0.3) is 5.89 Å². The van der Waals surface area contributed by atoms with E-state index in [0.717, 1.165) is 22.4 Å². The molecule has 0 aliphatic carbocycles. The molecule has 0 spiro atoms. The Balaban J connectivity index is 1.54. The van der Waals surface area contributed by atoms with Gasteiger partial charge in [-0.05, 0) is 35.4 Å². The Hall–Kier alpha value is -3.38. The minimum absolute atomic E-state index is 0.0456. The first-order valence-electron chi connectivity index (χ1n) is 8.45. The van der Waals surface area contributed by atoms with Gasteiger partial charge in [-0.3, -0.25) is 4.98 Å². The molecule has 4 rings (SSSR count). The summed E-state index contributed by atoms with van der Waals surface area (Å²) in [5, 5.41) is 13.4. The predicted octanol–water partition coefficient (Wildman–Crippen LogP) is 4.02. The molecule has 27 heavy (non-hydrogen) atoms. The summed E-state index contributed by atoms with van der Waals surface area (Å²) in [5.41, 5.74) is 4.07. The molecule has 5 nitrogen and oxygen atoms in total. The normalized spacial score (nSPS) is 10.9. The Labute approximate surface area is 155 Å². The lowest BCUT2D eigenvalue weighted by molar-refractivity contribution is 0.282. The molecular formula is C21H16FN3O2. The first-order valence-corrected chi connectivity index (χ1v) is 8.45. The average molecular weight is 361 g/mol. The fourth-order valence-electron chi connectivity index (χ4n) is 2.82. The molecule has 6 heteroatoms. The van der Waals surface area contributed by atoms with E-state index in [9.17, 15) is 9.50 Å². The lowest BCUT2D eigenvalue weighted by atomic mass is 10.0. The van der Waals surface area contributed by atoms with Gasteiger partial charge in [-0.25, -0.2) is 4.39 Å². The molecule has 1 N–H and O–H groups in total.